The third-order valence-corrected chi connectivity index (χ3v) is 5.19. The van der Waals surface area contributed by atoms with Crippen LogP contribution in [0.1, 0.15) is 28.8 Å². The van der Waals surface area contributed by atoms with Gasteiger partial charge in [0, 0.05) is 23.7 Å². The summed E-state index contributed by atoms with van der Waals surface area (Å²) in [7, 11) is 0. The Balaban J connectivity index is 2.02. The normalized spacial score (nSPS) is 10.3. The number of aromatic nitrogens is 3. The minimum atomic E-state index is -0.392. The van der Waals surface area contributed by atoms with Crippen molar-refractivity contribution in [1.82, 2.24) is 15.0 Å². The van der Waals surface area contributed by atoms with Gasteiger partial charge in [-0.2, -0.15) is 10.5 Å². The quantitative estimate of drug-likeness (QED) is 0.591. The number of aryl methyl sites for hydroxylation is 1. The predicted octanol–water partition coefficient (Wildman–Crippen LogP) is 4.06. The zero-order valence-electron chi connectivity index (χ0n) is 15.5. The molecule has 0 aromatic carbocycles. The summed E-state index contributed by atoms with van der Waals surface area (Å²) in [6.07, 6.45) is 4.32. The summed E-state index contributed by atoms with van der Waals surface area (Å²) in [6, 6.07) is 13.3. The van der Waals surface area contributed by atoms with Crippen molar-refractivity contribution >= 4 is 17.6 Å². The summed E-state index contributed by atoms with van der Waals surface area (Å²) in [4.78, 5) is 12.9. The van der Waals surface area contributed by atoms with Crippen molar-refractivity contribution in [1.29, 1.82) is 10.5 Å². The number of halogens is 1. The SMILES string of the molecule is N#Cc1c(N)nc(SCc2ccccn2)c(C#N)c1-c1ccc(CCCF)cn1. The fourth-order valence-electron chi connectivity index (χ4n) is 2.78. The highest BCUT2D eigenvalue weighted by molar-refractivity contribution is 7.98. The highest BCUT2D eigenvalue weighted by Crippen LogP contribution is 2.35. The summed E-state index contributed by atoms with van der Waals surface area (Å²) < 4.78 is 12.4. The molecule has 3 heterocycles. The number of thioether (sulfide) groups is 1. The van der Waals surface area contributed by atoms with Crippen LogP contribution < -0.4 is 5.73 Å². The maximum atomic E-state index is 12.4. The Morgan fingerprint density at radius 2 is 1.90 bits per heavy atom. The number of nitriles is 2. The minimum Gasteiger partial charge on any atom is -0.383 e. The molecule has 3 aromatic rings. The molecule has 0 aliphatic rings. The number of nitrogens with zero attached hydrogens (tertiary/aromatic N) is 5. The fourth-order valence-corrected chi connectivity index (χ4v) is 3.69. The number of anilines is 1. The lowest BCUT2D eigenvalue weighted by atomic mass is 10.00. The Morgan fingerprint density at radius 3 is 2.52 bits per heavy atom. The van der Waals surface area contributed by atoms with E-state index in [-0.39, 0.29) is 16.9 Å². The summed E-state index contributed by atoms with van der Waals surface area (Å²) >= 11 is 1.33. The molecule has 0 amide bonds. The fraction of sp³-hybridized carbons (Fsp3) is 0.190. The van der Waals surface area contributed by atoms with Crippen molar-refractivity contribution in [2.75, 3.05) is 12.4 Å². The Hall–Kier alpha value is -3.49. The van der Waals surface area contributed by atoms with Gasteiger partial charge in [0.2, 0.25) is 0 Å². The first-order valence-electron chi connectivity index (χ1n) is 8.85. The number of rotatable bonds is 7. The van der Waals surface area contributed by atoms with E-state index < -0.39 is 6.67 Å². The van der Waals surface area contributed by atoms with Gasteiger partial charge in [-0.1, -0.05) is 23.9 Å². The summed E-state index contributed by atoms with van der Waals surface area (Å²) in [5.74, 6) is 0.552. The van der Waals surface area contributed by atoms with E-state index in [0.29, 0.717) is 34.9 Å². The Kier molecular flexibility index (Phi) is 6.72. The topological polar surface area (TPSA) is 112 Å². The first-order valence-corrected chi connectivity index (χ1v) is 9.84. The molecule has 0 radical (unpaired) electrons. The van der Waals surface area contributed by atoms with E-state index in [1.54, 1.807) is 18.5 Å². The first-order chi connectivity index (χ1) is 14.2. The minimum absolute atomic E-state index is 0.0494. The molecular weight excluding hydrogens is 387 g/mol. The van der Waals surface area contributed by atoms with E-state index in [9.17, 15) is 14.9 Å². The molecule has 8 heteroatoms. The van der Waals surface area contributed by atoms with Gasteiger partial charge >= 0.3 is 0 Å². The highest BCUT2D eigenvalue weighted by Gasteiger charge is 2.21. The second kappa shape index (κ2) is 9.63. The van der Waals surface area contributed by atoms with Crippen LogP contribution in [0.25, 0.3) is 11.3 Å². The molecule has 3 rings (SSSR count). The molecule has 0 saturated carbocycles. The van der Waals surface area contributed by atoms with Crippen LogP contribution in [0.2, 0.25) is 0 Å². The van der Waals surface area contributed by atoms with E-state index in [1.807, 2.05) is 30.3 Å². The summed E-state index contributed by atoms with van der Waals surface area (Å²) in [6.45, 7) is -0.392. The molecule has 144 valence electrons. The molecule has 0 spiro atoms. The van der Waals surface area contributed by atoms with Crippen LogP contribution in [0.4, 0.5) is 10.2 Å². The van der Waals surface area contributed by atoms with Crippen LogP contribution in [0, 0.1) is 22.7 Å². The van der Waals surface area contributed by atoms with Gasteiger partial charge in [-0.3, -0.25) is 14.4 Å². The molecule has 0 unspecified atom stereocenters. The predicted molar refractivity (Wildman–Crippen MR) is 109 cm³/mol. The molecule has 0 bridgehead atoms. The van der Waals surface area contributed by atoms with Crippen molar-refractivity contribution < 1.29 is 4.39 Å². The van der Waals surface area contributed by atoms with Gasteiger partial charge in [0.1, 0.15) is 28.5 Å². The zero-order chi connectivity index (χ0) is 20.6. The van der Waals surface area contributed by atoms with Gasteiger partial charge in [0.25, 0.3) is 0 Å². The van der Waals surface area contributed by atoms with Crippen LogP contribution in [-0.4, -0.2) is 21.6 Å². The summed E-state index contributed by atoms with van der Waals surface area (Å²) in [5.41, 5.74) is 8.92. The van der Waals surface area contributed by atoms with Crippen molar-refractivity contribution in [2.24, 2.45) is 0 Å². The average Bonchev–Trinajstić information content (AvgIpc) is 2.76. The molecule has 0 atom stereocenters. The van der Waals surface area contributed by atoms with Gasteiger partial charge in [0.15, 0.2) is 0 Å². The Morgan fingerprint density at radius 1 is 1.07 bits per heavy atom. The van der Waals surface area contributed by atoms with E-state index in [4.69, 9.17) is 5.73 Å². The van der Waals surface area contributed by atoms with Gasteiger partial charge < -0.3 is 5.73 Å². The second-order valence-corrected chi connectivity index (χ2v) is 7.07. The lowest BCUT2D eigenvalue weighted by Gasteiger charge is -2.12. The van der Waals surface area contributed by atoms with Crippen molar-refractivity contribution in [3.05, 3.63) is 65.1 Å². The summed E-state index contributed by atoms with van der Waals surface area (Å²) in [5, 5.41) is 19.8. The lowest BCUT2D eigenvalue weighted by Crippen LogP contribution is -2.04. The van der Waals surface area contributed by atoms with Gasteiger partial charge in [-0.25, -0.2) is 4.98 Å². The third kappa shape index (κ3) is 4.68. The second-order valence-electron chi connectivity index (χ2n) is 6.10. The average molecular weight is 404 g/mol. The van der Waals surface area contributed by atoms with E-state index in [1.165, 1.54) is 11.8 Å². The zero-order valence-corrected chi connectivity index (χ0v) is 16.3. The number of alkyl halides is 1. The van der Waals surface area contributed by atoms with Gasteiger partial charge in [-0.05, 0) is 36.6 Å². The van der Waals surface area contributed by atoms with Crippen molar-refractivity contribution in [2.45, 2.75) is 23.6 Å². The van der Waals surface area contributed by atoms with Crippen molar-refractivity contribution in [3.63, 3.8) is 0 Å². The number of hydrogen-bond acceptors (Lipinski definition) is 7. The molecule has 0 aliphatic carbocycles. The van der Waals surface area contributed by atoms with Crippen LogP contribution in [-0.2, 0) is 12.2 Å². The van der Waals surface area contributed by atoms with E-state index >= 15 is 0 Å². The van der Waals surface area contributed by atoms with E-state index in [0.717, 1.165) is 11.3 Å². The number of pyridine rings is 3. The molecule has 0 aliphatic heterocycles. The van der Waals surface area contributed by atoms with Crippen LogP contribution in [0.5, 0.6) is 0 Å². The maximum absolute atomic E-state index is 12.4. The number of hydrogen-bond donors (Lipinski definition) is 1. The van der Waals surface area contributed by atoms with Crippen LogP contribution >= 0.6 is 11.8 Å². The van der Waals surface area contributed by atoms with Crippen LogP contribution in [0.15, 0.2) is 47.8 Å². The Bertz CT molecular complexity index is 1070. The maximum Gasteiger partial charge on any atom is 0.143 e. The lowest BCUT2D eigenvalue weighted by molar-refractivity contribution is 0.473. The van der Waals surface area contributed by atoms with E-state index in [2.05, 4.69) is 21.0 Å². The molecule has 0 fully saturated rings. The molecule has 2 N–H and O–H groups in total. The van der Waals surface area contributed by atoms with Crippen molar-refractivity contribution in [3.8, 4) is 23.4 Å². The first kappa shape index (κ1) is 20.2. The molecule has 0 saturated heterocycles. The standard InChI is InChI=1S/C21H17FN6S/c22-8-3-4-14-6-7-18(27-12-14)19-16(10-23)20(25)28-21(17(19)11-24)29-13-15-5-1-2-9-26-15/h1-2,5-7,9,12H,3-4,8,13H2,(H2,25,28). The highest BCUT2D eigenvalue weighted by atomic mass is 32.2. The molecule has 6 nitrogen and oxygen atoms in total. The monoisotopic (exact) mass is 404 g/mol. The molecule has 3 aromatic heterocycles. The number of nitrogen functional groups attached to an aromatic ring is 1. The third-order valence-electron chi connectivity index (χ3n) is 4.18. The number of nitrogens with two attached hydrogens (primary N) is 1. The van der Waals surface area contributed by atoms with Gasteiger partial charge in [0.05, 0.1) is 23.6 Å². The Labute approximate surface area is 172 Å². The molecule has 29 heavy (non-hydrogen) atoms. The van der Waals surface area contributed by atoms with Crippen LogP contribution in [0.3, 0.4) is 0 Å². The largest absolute Gasteiger partial charge is 0.383 e. The molecular formula is C21H17FN6S. The van der Waals surface area contributed by atoms with Gasteiger partial charge in [-0.15, -0.1) is 0 Å². The smallest absolute Gasteiger partial charge is 0.143 e.